The van der Waals surface area contributed by atoms with E-state index in [1.54, 1.807) is 6.92 Å². The Labute approximate surface area is 117 Å². The molecule has 0 spiro atoms. The van der Waals surface area contributed by atoms with Crippen molar-refractivity contribution in [2.24, 2.45) is 5.14 Å². The minimum absolute atomic E-state index is 0.00576. The zero-order valence-electron chi connectivity index (χ0n) is 11.1. The van der Waals surface area contributed by atoms with Crippen LogP contribution in [-0.2, 0) is 14.8 Å². The molecule has 108 valence electrons. The minimum atomic E-state index is -3.77. The molecule has 0 radical (unpaired) electrons. The summed E-state index contributed by atoms with van der Waals surface area (Å²) < 4.78 is 22.5. The summed E-state index contributed by atoms with van der Waals surface area (Å²) >= 11 is 0.882. The second-order valence-electron chi connectivity index (χ2n) is 4.30. The van der Waals surface area contributed by atoms with Gasteiger partial charge in [-0.15, -0.1) is 0 Å². The molecule has 0 aliphatic carbocycles. The fraction of sp³-hybridized carbons (Fsp3) is 0.636. The molecule has 0 bridgehead atoms. The number of rotatable bonds is 7. The molecule has 1 aromatic rings. The summed E-state index contributed by atoms with van der Waals surface area (Å²) in [6, 6.07) is 0. The van der Waals surface area contributed by atoms with Gasteiger partial charge in [0.2, 0.25) is 15.9 Å². The third kappa shape index (κ3) is 5.25. The number of carbonyl (C=O) groups is 1. The molecule has 0 atom stereocenters. The average Bonchev–Trinajstić information content (AvgIpc) is 2.65. The molecule has 1 aromatic heterocycles. The van der Waals surface area contributed by atoms with E-state index in [9.17, 15) is 13.2 Å². The number of thiazole rings is 1. The zero-order valence-corrected chi connectivity index (χ0v) is 12.7. The quantitative estimate of drug-likeness (QED) is 0.752. The van der Waals surface area contributed by atoms with Gasteiger partial charge < -0.3 is 5.32 Å². The number of anilines is 1. The van der Waals surface area contributed by atoms with Gasteiger partial charge in [-0.2, -0.15) is 0 Å². The lowest BCUT2D eigenvalue weighted by Gasteiger charge is -2.00. The van der Waals surface area contributed by atoms with Crippen LogP contribution in [0, 0.1) is 6.92 Å². The summed E-state index contributed by atoms with van der Waals surface area (Å²) in [7, 11) is -3.77. The first-order valence-electron chi connectivity index (χ1n) is 6.14. The van der Waals surface area contributed by atoms with E-state index in [-0.39, 0.29) is 15.2 Å². The molecule has 0 unspecified atom stereocenters. The summed E-state index contributed by atoms with van der Waals surface area (Å²) in [6.07, 6.45) is 4.49. The van der Waals surface area contributed by atoms with Crippen molar-refractivity contribution in [3.63, 3.8) is 0 Å². The van der Waals surface area contributed by atoms with E-state index in [1.807, 2.05) is 0 Å². The van der Waals surface area contributed by atoms with Crippen LogP contribution in [0.2, 0.25) is 0 Å². The first-order valence-corrected chi connectivity index (χ1v) is 8.51. The van der Waals surface area contributed by atoms with Crippen LogP contribution in [0.4, 0.5) is 5.13 Å². The van der Waals surface area contributed by atoms with Gasteiger partial charge in [0.25, 0.3) is 0 Å². The van der Waals surface area contributed by atoms with Gasteiger partial charge in [0.1, 0.15) is 0 Å². The van der Waals surface area contributed by atoms with Gasteiger partial charge in [-0.3, -0.25) is 4.79 Å². The van der Waals surface area contributed by atoms with E-state index >= 15 is 0 Å². The van der Waals surface area contributed by atoms with Crippen LogP contribution in [0.3, 0.4) is 0 Å². The van der Waals surface area contributed by atoms with E-state index in [1.165, 1.54) is 0 Å². The van der Waals surface area contributed by atoms with Crippen LogP contribution < -0.4 is 10.5 Å². The maximum Gasteiger partial charge on any atom is 0.249 e. The summed E-state index contributed by atoms with van der Waals surface area (Å²) in [5.41, 5.74) is 0.314. The molecule has 0 aromatic carbocycles. The first kappa shape index (κ1) is 16.1. The molecular formula is C11H19N3O3S2. The Hall–Kier alpha value is -0.990. The number of nitrogens with two attached hydrogens (primary N) is 1. The fourth-order valence-electron chi connectivity index (χ4n) is 1.59. The molecule has 0 saturated heterocycles. The van der Waals surface area contributed by atoms with Gasteiger partial charge in [0.15, 0.2) is 9.34 Å². The third-order valence-electron chi connectivity index (χ3n) is 2.52. The third-order valence-corrected chi connectivity index (χ3v) is 5.14. The van der Waals surface area contributed by atoms with Crippen molar-refractivity contribution in [3.8, 4) is 0 Å². The Morgan fingerprint density at radius 2 is 2.05 bits per heavy atom. The lowest BCUT2D eigenvalue weighted by atomic mass is 10.1. The first-order chi connectivity index (χ1) is 8.84. The average molecular weight is 305 g/mol. The lowest BCUT2D eigenvalue weighted by molar-refractivity contribution is -0.116. The number of hydrogen-bond donors (Lipinski definition) is 2. The highest BCUT2D eigenvalue weighted by Gasteiger charge is 2.18. The number of carbonyl (C=O) groups excluding carboxylic acids is 1. The Morgan fingerprint density at radius 1 is 1.37 bits per heavy atom. The molecule has 8 heteroatoms. The second-order valence-corrected chi connectivity index (χ2v) is 7.05. The van der Waals surface area contributed by atoms with Gasteiger partial charge in [-0.25, -0.2) is 18.5 Å². The van der Waals surface area contributed by atoms with Crippen LogP contribution in [0.1, 0.15) is 44.7 Å². The number of amides is 1. The van der Waals surface area contributed by atoms with E-state index in [0.29, 0.717) is 12.1 Å². The number of hydrogen-bond acceptors (Lipinski definition) is 5. The van der Waals surface area contributed by atoms with Crippen molar-refractivity contribution in [3.05, 3.63) is 5.69 Å². The molecule has 3 N–H and O–H groups in total. The van der Waals surface area contributed by atoms with Crippen molar-refractivity contribution in [1.29, 1.82) is 0 Å². The molecule has 1 heterocycles. The number of aromatic nitrogens is 1. The van der Waals surface area contributed by atoms with Crippen molar-refractivity contribution in [2.45, 2.75) is 50.2 Å². The largest absolute Gasteiger partial charge is 0.302 e. The van der Waals surface area contributed by atoms with Crippen LogP contribution >= 0.6 is 11.3 Å². The number of nitrogens with one attached hydrogen (secondary N) is 1. The fourth-order valence-corrected chi connectivity index (χ4v) is 3.47. The van der Waals surface area contributed by atoms with E-state index in [4.69, 9.17) is 5.14 Å². The highest BCUT2D eigenvalue weighted by atomic mass is 32.2. The number of unbranched alkanes of at least 4 members (excludes halogenated alkanes) is 3. The zero-order chi connectivity index (χ0) is 14.5. The summed E-state index contributed by atoms with van der Waals surface area (Å²) in [5.74, 6) is -0.147. The van der Waals surface area contributed by atoms with Crippen molar-refractivity contribution in [1.82, 2.24) is 4.98 Å². The number of sulfonamides is 1. The number of nitrogens with zero attached hydrogens (tertiary/aromatic N) is 1. The van der Waals surface area contributed by atoms with Crippen molar-refractivity contribution >= 4 is 32.4 Å². The van der Waals surface area contributed by atoms with Gasteiger partial charge in [-0.05, 0) is 13.3 Å². The smallest absolute Gasteiger partial charge is 0.249 e. The van der Waals surface area contributed by atoms with Crippen molar-refractivity contribution in [2.75, 3.05) is 5.32 Å². The molecule has 0 fully saturated rings. The predicted molar refractivity (Wildman–Crippen MR) is 75.6 cm³/mol. The lowest BCUT2D eigenvalue weighted by Crippen LogP contribution is -2.11. The predicted octanol–water partition coefficient (Wildman–Crippen LogP) is 2.01. The Balaban J connectivity index is 2.56. The molecule has 19 heavy (non-hydrogen) atoms. The highest BCUT2D eigenvalue weighted by molar-refractivity contribution is 7.91. The molecular weight excluding hydrogens is 286 g/mol. The van der Waals surface area contributed by atoms with E-state index in [2.05, 4.69) is 17.2 Å². The standard InChI is InChI=1S/C11H19N3O3S2/c1-3-4-5-6-7-9(15)14-11-13-8(2)10(18-11)19(12,16)17/h3-7H2,1-2H3,(H2,12,16,17)(H,13,14,15). The van der Waals surface area contributed by atoms with Gasteiger partial charge in [0, 0.05) is 6.42 Å². The van der Waals surface area contributed by atoms with Crippen LogP contribution in [0.15, 0.2) is 4.21 Å². The van der Waals surface area contributed by atoms with E-state index < -0.39 is 10.0 Å². The molecule has 0 saturated carbocycles. The maximum atomic E-state index is 11.6. The number of primary sulfonamides is 1. The minimum Gasteiger partial charge on any atom is -0.302 e. The summed E-state index contributed by atoms with van der Waals surface area (Å²) in [6.45, 7) is 3.65. The molecule has 6 nitrogen and oxygen atoms in total. The van der Waals surface area contributed by atoms with Gasteiger partial charge in [0.05, 0.1) is 5.69 Å². The Bertz CT molecular complexity index is 537. The van der Waals surface area contributed by atoms with Gasteiger partial charge in [-0.1, -0.05) is 37.5 Å². The molecule has 0 aliphatic heterocycles. The molecule has 1 rings (SSSR count). The van der Waals surface area contributed by atoms with Crippen LogP contribution in [0.25, 0.3) is 0 Å². The summed E-state index contributed by atoms with van der Waals surface area (Å²) in [5, 5.41) is 7.93. The molecule has 1 amide bonds. The molecule has 0 aliphatic rings. The monoisotopic (exact) mass is 305 g/mol. The second kappa shape index (κ2) is 6.97. The normalized spacial score (nSPS) is 11.5. The Morgan fingerprint density at radius 3 is 2.58 bits per heavy atom. The highest BCUT2D eigenvalue weighted by Crippen LogP contribution is 2.26. The van der Waals surface area contributed by atoms with E-state index in [0.717, 1.165) is 37.0 Å². The van der Waals surface area contributed by atoms with Crippen LogP contribution in [-0.4, -0.2) is 19.3 Å². The maximum absolute atomic E-state index is 11.6. The van der Waals surface area contributed by atoms with Crippen molar-refractivity contribution < 1.29 is 13.2 Å². The summed E-state index contributed by atoms with van der Waals surface area (Å²) in [4.78, 5) is 15.6. The Kier molecular flexibility index (Phi) is 5.89. The SMILES string of the molecule is CCCCCCC(=O)Nc1nc(C)c(S(N)(=O)=O)s1. The topological polar surface area (TPSA) is 102 Å². The number of aryl methyl sites for hydroxylation is 1. The van der Waals surface area contributed by atoms with Crippen LogP contribution in [0.5, 0.6) is 0 Å². The van der Waals surface area contributed by atoms with Gasteiger partial charge >= 0.3 is 0 Å².